The van der Waals surface area contributed by atoms with E-state index in [0.29, 0.717) is 41.8 Å². The normalized spacial score (nSPS) is 25.5. The predicted octanol–water partition coefficient (Wildman–Crippen LogP) is 7.77. The number of methoxy groups -OCH3 is 3. The molecule has 75 heavy (non-hydrogen) atoms. The predicted molar refractivity (Wildman–Crippen MR) is 273 cm³/mol. The number of allylic oxidation sites excluding steroid dienone is 2. The minimum absolute atomic E-state index is 0.0603. The first-order chi connectivity index (χ1) is 35.6. The maximum Gasteiger partial charge on any atom is 0.415 e. The van der Waals surface area contributed by atoms with Crippen LogP contribution in [0, 0.1) is 22.5 Å². The molecule has 0 saturated carbocycles. The summed E-state index contributed by atoms with van der Waals surface area (Å²) in [6.07, 6.45) is 5.21. The molecule has 0 N–H and O–H groups in total. The van der Waals surface area contributed by atoms with Gasteiger partial charge < -0.3 is 23.1 Å². The number of piperidine rings is 1. The van der Waals surface area contributed by atoms with E-state index < -0.39 is 65.0 Å². The molecule has 1 aliphatic carbocycles. The van der Waals surface area contributed by atoms with Crippen molar-refractivity contribution in [1.29, 1.82) is 0 Å². The van der Waals surface area contributed by atoms with Gasteiger partial charge in [-0.15, -0.1) is 0 Å². The number of hydrogen-bond acceptors (Lipinski definition) is 15. The van der Waals surface area contributed by atoms with Gasteiger partial charge >= 0.3 is 22.2 Å². The van der Waals surface area contributed by atoms with Gasteiger partial charge in [-0.1, -0.05) is 42.0 Å². The number of carbonyl (C=O) groups excluding carboxylic acids is 3. The van der Waals surface area contributed by atoms with E-state index in [9.17, 15) is 28.1 Å². The summed E-state index contributed by atoms with van der Waals surface area (Å²) in [6.45, 7) is 8.34. The van der Waals surface area contributed by atoms with Crippen molar-refractivity contribution in [3.05, 3.63) is 129 Å². The number of fused-ring (bicyclic) bond motifs is 4. The zero-order valence-corrected chi connectivity index (χ0v) is 44.2. The summed E-state index contributed by atoms with van der Waals surface area (Å²) >= 11 is 0. The largest absolute Gasteiger partial charge is 0.492 e. The summed E-state index contributed by atoms with van der Waals surface area (Å²) in [5.41, 5.74) is -1.10. The number of carbonyl (C=O) groups is 3. The molecule has 5 atom stereocenters. The van der Waals surface area contributed by atoms with Gasteiger partial charge in [0.1, 0.15) is 10.5 Å². The zero-order valence-electron chi connectivity index (χ0n) is 42.6. The monoisotopic (exact) mass is 1060 g/mol. The first-order valence-corrected chi connectivity index (χ1v) is 27.7. The summed E-state index contributed by atoms with van der Waals surface area (Å²) in [5, 5.41) is 11.7. The topological polar surface area (TPSA) is 222 Å². The lowest BCUT2D eigenvalue weighted by Gasteiger charge is -2.55. The molecule has 11 rings (SSSR count). The van der Waals surface area contributed by atoms with E-state index in [1.807, 2.05) is 19.1 Å². The van der Waals surface area contributed by atoms with Crippen LogP contribution in [0.2, 0.25) is 0 Å². The van der Waals surface area contributed by atoms with Crippen molar-refractivity contribution in [1.82, 2.24) is 9.21 Å². The van der Waals surface area contributed by atoms with Gasteiger partial charge in [0.2, 0.25) is 5.91 Å². The molecule has 0 aromatic heterocycles. The molecule has 394 valence electrons. The SMILES string of the molecule is COC(=O)C[C@]12C=C[C@H]3N(C(=O)OC(C)(C)C)c4c(cc([C@]56CCN(S(=O)(=O)c7ccc([N+](=O)[O-])cc7)C7=C5N(C(=O)CC7)c5c(OS(=O)(=O)c7ccc(C)cc7)cccc56)c(OC)c4OC)[C@]34CCN(CCC1)[C@H]24. The number of rotatable bonds is 11. The first-order valence-electron chi connectivity index (χ1n) is 24.9. The van der Waals surface area contributed by atoms with Gasteiger partial charge in [-0.3, -0.25) is 38.7 Å². The molecule has 2 amide bonds. The Kier molecular flexibility index (Phi) is 11.6. The van der Waals surface area contributed by atoms with E-state index in [4.69, 9.17) is 23.1 Å². The zero-order chi connectivity index (χ0) is 53.4. The number of sulfonamides is 1. The van der Waals surface area contributed by atoms with Crippen LogP contribution in [0.4, 0.5) is 21.9 Å². The molecule has 4 aromatic rings. The number of aryl methyl sites for hydroxylation is 1. The minimum atomic E-state index is -4.55. The number of anilines is 2. The summed E-state index contributed by atoms with van der Waals surface area (Å²) in [5.74, 6) is -0.705. The fourth-order valence-electron chi connectivity index (χ4n) is 13.6. The van der Waals surface area contributed by atoms with Crippen LogP contribution in [-0.2, 0) is 50.0 Å². The molecular weight excluding hydrogens is 1010 g/mol. The van der Waals surface area contributed by atoms with Crippen LogP contribution in [0.1, 0.15) is 88.0 Å². The van der Waals surface area contributed by atoms with E-state index in [1.54, 1.807) is 49.9 Å². The highest BCUT2D eigenvalue weighted by Crippen LogP contribution is 2.70. The Morgan fingerprint density at radius 1 is 0.827 bits per heavy atom. The molecule has 4 aromatic carbocycles. The van der Waals surface area contributed by atoms with Crippen LogP contribution in [0.25, 0.3) is 0 Å². The number of amides is 2. The minimum Gasteiger partial charge on any atom is -0.492 e. The van der Waals surface area contributed by atoms with Crippen LogP contribution in [0.15, 0.2) is 106 Å². The van der Waals surface area contributed by atoms with Crippen LogP contribution in [-0.4, -0.2) is 108 Å². The number of nitro benzene ring substituents is 1. The molecule has 0 unspecified atom stereocenters. The number of benzene rings is 4. The Hall–Kier alpha value is -6.97. The van der Waals surface area contributed by atoms with E-state index in [0.717, 1.165) is 30.7 Å². The third-order valence-corrected chi connectivity index (χ3v) is 19.5. The first kappa shape index (κ1) is 50.2. The van der Waals surface area contributed by atoms with Crippen molar-refractivity contribution in [2.75, 3.05) is 50.8 Å². The lowest BCUT2D eigenvalue weighted by atomic mass is 9.54. The fourth-order valence-corrected chi connectivity index (χ4v) is 16.1. The fraction of sp³-hybridized carbons (Fsp3) is 0.426. The molecule has 6 heterocycles. The molecule has 7 aliphatic rings. The number of nitro groups is 1. The van der Waals surface area contributed by atoms with Crippen molar-refractivity contribution in [2.24, 2.45) is 5.41 Å². The van der Waals surface area contributed by atoms with E-state index in [-0.39, 0.29) is 94.0 Å². The maximum atomic E-state index is 15.0. The lowest BCUT2D eigenvalue weighted by Crippen LogP contribution is -2.63. The van der Waals surface area contributed by atoms with Crippen molar-refractivity contribution in [2.45, 2.75) is 111 Å². The van der Waals surface area contributed by atoms with Crippen LogP contribution in [0.3, 0.4) is 0 Å². The Labute approximate surface area is 434 Å². The van der Waals surface area contributed by atoms with Crippen LogP contribution in [0.5, 0.6) is 17.2 Å². The molecular formula is C54H57N5O14S2. The third kappa shape index (κ3) is 7.23. The number of hydrogen-bond donors (Lipinski definition) is 0. The van der Waals surface area contributed by atoms with E-state index in [2.05, 4.69) is 11.0 Å². The highest BCUT2D eigenvalue weighted by Gasteiger charge is 2.70. The quantitative estimate of drug-likeness (QED) is 0.0460. The van der Waals surface area contributed by atoms with Crippen molar-refractivity contribution in [3.63, 3.8) is 0 Å². The van der Waals surface area contributed by atoms with E-state index >= 15 is 13.2 Å². The molecule has 1 spiro atoms. The van der Waals surface area contributed by atoms with Gasteiger partial charge in [-0.2, -0.15) is 8.42 Å². The van der Waals surface area contributed by atoms with Gasteiger partial charge in [-0.25, -0.2) is 13.2 Å². The van der Waals surface area contributed by atoms with Crippen LogP contribution < -0.4 is 23.5 Å². The highest BCUT2D eigenvalue weighted by atomic mass is 32.2. The number of nitrogens with zero attached hydrogens (tertiary/aromatic N) is 5. The van der Waals surface area contributed by atoms with E-state index in [1.165, 1.54) is 60.9 Å². The van der Waals surface area contributed by atoms with Crippen molar-refractivity contribution < 1.29 is 59.3 Å². The summed E-state index contributed by atoms with van der Waals surface area (Å²) in [4.78, 5) is 59.6. The molecule has 6 aliphatic heterocycles. The van der Waals surface area contributed by atoms with Crippen LogP contribution >= 0.6 is 0 Å². The standard InChI is InChI=1S/C54H57N5O14S2/c1-32-12-16-35(17-13-32)75(67,68)73-40-11-8-10-36-44(40)58-42(60)21-20-39-48(58)53(36,26-29-56(39)74(65,66)34-18-14-33(15-19-34)59(63)64)38-30-37-45(47(71-7)46(38)70-6)57(50(62)72-51(2,3)4)41-22-24-52(31-43(61)69-5)23-9-27-55-28-25-54(37,41)49(52)55/h8,10-19,22,24,30,41,49H,9,20-21,23,25-29,31H2,1-7H3/t41-,49-,52-,53-,54-/m1/s1. The molecule has 21 heteroatoms. The Bertz CT molecular complexity index is 3430. The molecule has 0 radical (unpaired) electrons. The maximum absolute atomic E-state index is 15.0. The number of para-hydroxylation sites is 1. The van der Waals surface area contributed by atoms with Gasteiger partial charge in [0.25, 0.3) is 15.7 Å². The highest BCUT2D eigenvalue weighted by molar-refractivity contribution is 7.89. The second-order valence-corrected chi connectivity index (χ2v) is 24.8. The van der Waals surface area contributed by atoms with Gasteiger partial charge in [0.05, 0.1) is 71.8 Å². The number of non-ortho nitro benzene ring substituents is 1. The summed E-state index contributed by atoms with van der Waals surface area (Å²) in [7, 11) is -4.74. The summed E-state index contributed by atoms with van der Waals surface area (Å²) < 4.78 is 90.5. The van der Waals surface area contributed by atoms with Crippen molar-refractivity contribution >= 4 is 55.2 Å². The number of esters is 1. The van der Waals surface area contributed by atoms with Gasteiger partial charge in [-0.05, 0) is 120 Å². The van der Waals surface area contributed by atoms with Crippen molar-refractivity contribution in [3.8, 4) is 17.2 Å². The van der Waals surface area contributed by atoms with Gasteiger partial charge in [0.15, 0.2) is 17.2 Å². The Morgan fingerprint density at radius 2 is 1.53 bits per heavy atom. The molecule has 0 bridgehead atoms. The smallest absolute Gasteiger partial charge is 0.415 e. The second kappa shape index (κ2) is 17.3. The molecule has 2 saturated heterocycles. The Balaban J connectivity index is 1.22. The second-order valence-electron chi connectivity index (χ2n) is 21.4. The molecule has 19 nitrogen and oxygen atoms in total. The summed E-state index contributed by atoms with van der Waals surface area (Å²) in [6, 6.07) is 16.5. The number of ether oxygens (including phenoxy) is 4. The average molecular weight is 1060 g/mol. The lowest BCUT2D eigenvalue weighted by molar-refractivity contribution is -0.384. The average Bonchev–Trinajstić information content (AvgIpc) is 4.09. The Morgan fingerprint density at radius 3 is 2.20 bits per heavy atom. The molecule has 2 fully saturated rings. The van der Waals surface area contributed by atoms with Gasteiger partial charge in [0, 0.05) is 47.5 Å². The third-order valence-electron chi connectivity index (χ3n) is 16.4.